The van der Waals surface area contributed by atoms with Gasteiger partial charge in [-0.2, -0.15) is 0 Å². The maximum Gasteiger partial charge on any atom is 0.248 e. The number of hydrogen-bond acceptors (Lipinski definition) is 3. The van der Waals surface area contributed by atoms with Crippen molar-refractivity contribution in [3.63, 3.8) is 0 Å². The summed E-state index contributed by atoms with van der Waals surface area (Å²) in [6.07, 6.45) is 0. The predicted molar refractivity (Wildman–Crippen MR) is 76.4 cm³/mol. The summed E-state index contributed by atoms with van der Waals surface area (Å²) in [6.45, 7) is 1.55. The van der Waals surface area contributed by atoms with Crippen LogP contribution in [0.1, 0.15) is 0 Å². The highest BCUT2D eigenvalue weighted by Gasteiger charge is 2.10. The Morgan fingerprint density at radius 3 is 2.58 bits per heavy atom. The van der Waals surface area contributed by atoms with E-state index in [0.29, 0.717) is 23.1 Å². The molecular formula is C14H18FN3O. The monoisotopic (exact) mass is 263 g/mol. The van der Waals surface area contributed by atoms with Gasteiger partial charge in [0.25, 0.3) is 0 Å². The van der Waals surface area contributed by atoms with Crippen molar-refractivity contribution in [2.75, 3.05) is 39.1 Å². The smallest absolute Gasteiger partial charge is 0.248 e. The second-order valence-electron chi connectivity index (χ2n) is 4.94. The minimum atomic E-state index is -0.277. The normalized spacial score (nSPS) is 11.2. The summed E-state index contributed by atoms with van der Waals surface area (Å²) in [4.78, 5) is 17.9. The second kappa shape index (κ2) is 5.40. The average Bonchev–Trinajstić information content (AvgIpc) is 2.35. The van der Waals surface area contributed by atoms with Crippen LogP contribution in [0.25, 0.3) is 10.9 Å². The molecule has 0 unspecified atom stereocenters. The summed E-state index contributed by atoms with van der Waals surface area (Å²) < 4.78 is 14.0. The lowest BCUT2D eigenvalue weighted by atomic mass is 10.2. The van der Waals surface area contributed by atoms with Gasteiger partial charge in [-0.1, -0.05) is 0 Å². The van der Waals surface area contributed by atoms with Gasteiger partial charge in [0.05, 0.1) is 11.2 Å². The molecule has 0 aliphatic rings. The Labute approximate surface area is 111 Å². The number of likely N-dealkylation sites (N-methyl/N-ethyl adjacent to an activating group) is 2. The number of anilines is 1. The van der Waals surface area contributed by atoms with E-state index in [9.17, 15) is 9.18 Å². The average molecular weight is 263 g/mol. The van der Waals surface area contributed by atoms with Crippen molar-refractivity contribution in [2.45, 2.75) is 0 Å². The standard InChI is InChI=1S/C14H18FN3O/c1-17(2)6-7-18(3)13-9-12-10(8-11(13)15)4-5-14(19)16-12/h4-5,8-9H,6-7H2,1-3H3,(H,16,19). The van der Waals surface area contributed by atoms with Gasteiger partial charge >= 0.3 is 0 Å². The molecule has 0 bridgehead atoms. The van der Waals surface area contributed by atoms with Gasteiger partial charge in [0.2, 0.25) is 5.56 Å². The molecule has 2 aromatic rings. The lowest BCUT2D eigenvalue weighted by Crippen LogP contribution is -2.29. The molecular weight excluding hydrogens is 245 g/mol. The first-order valence-corrected chi connectivity index (χ1v) is 6.16. The second-order valence-corrected chi connectivity index (χ2v) is 4.94. The maximum absolute atomic E-state index is 14.0. The number of rotatable bonds is 4. The Kier molecular flexibility index (Phi) is 3.85. The van der Waals surface area contributed by atoms with E-state index < -0.39 is 0 Å². The zero-order valence-electron chi connectivity index (χ0n) is 11.4. The number of fused-ring (bicyclic) bond motifs is 1. The highest BCUT2D eigenvalue weighted by molar-refractivity contribution is 5.82. The molecule has 0 atom stereocenters. The number of nitrogens with one attached hydrogen (secondary N) is 1. The lowest BCUT2D eigenvalue weighted by Gasteiger charge is -2.22. The van der Waals surface area contributed by atoms with Crippen molar-refractivity contribution < 1.29 is 4.39 Å². The van der Waals surface area contributed by atoms with Crippen molar-refractivity contribution >= 4 is 16.6 Å². The van der Waals surface area contributed by atoms with Gasteiger partial charge in [0.1, 0.15) is 5.82 Å². The molecule has 0 amide bonds. The summed E-state index contributed by atoms with van der Waals surface area (Å²) in [5.74, 6) is -0.277. The van der Waals surface area contributed by atoms with E-state index >= 15 is 0 Å². The van der Waals surface area contributed by atoms with E-state index in [1.54, 1.807) is 12.1 Å². The highest BCUT2D eigenvalue weighted by atomic mass is 19.1. The molecule has 0 saturated heterocycles. The molecule has 0 radical (unpaired) electrons. The Morgan fingerprint density at radius 2 is 1.89 bits per heavy atom. The van der Waals surface area contributed by atoms with Crippen molar-refractivity contribution in [3.05, 3.63) is 40.4 Å². The van der Waals surface area contributed by atoms with E-state index in [2.05, 4.69) is 4.98 Å². The third-order valence-corrected chi connectivity index (χ3v) is 3.08. The van der Waals surface area contributed by atoms with Crippen LogP contribution < -0.4 is 10.5 Å². The Balaban J connectivity index is 2.37. The van der Waals surface area contributed by atoms with Gasteiger partial charge in [0.15, 0.2) is 0 Å². The Hall–Kier alpha value is -1.88. The summed E-state index contributed by atoms with van der Waals surface area (Å²) in [5, 5.41) is 0.696. The zero-order valence-corrected chi connectivity index (χ0v) is 11.4. The topological polar surface area (TPSA) is 39.3 Å². The Morgan fingerprint density at radius 1 is 1.16 bits per heavy atom. The molecule has 0 fully saturated rings. The molecule has 1 aromatic carbocycles. The summed E-state index contributed by atoms with van der Waals surface area (Å²) in [7, 11) is 5.79. The first kappa shape index (κ1) is 13.5. The van der Waals surface area contributed by atoms with E-state index in [0.717, 1.165) is 6.54 Å². The largest absolute Gasteiger partial charge is 0.371 e. The third-order valence-electron chi connectivity index (χ3n) is 3.08. The first-order chi connectivity index (χ1) is 8.97. The number of aromatic nitrogens is 1. The van der Waals surface area contributed by atoms with E-state index in [4.69, 9.17) is 0 Å². The molecule has 1 heterocycles. The zero-order chi connectivity index (χ0) is 14.0. The third kappa shape index (κ3) is 3.12. The highest BCUT2D eigenvalue weighted by Crippen LogP contribution is 2.23. The van der Waals surface area contributed by atoms with Gasteiger partial charge in [0, 0.05) is 31.6 Å². The van der Waals surface area contributed by atoms with E-state index in [1.165, 1.54) is 12.1 Å². The number of halogens is 1. The lowest BCUT2D eigenvalue weighted by molar-refractivity contribution is 0.416. The van der Waals surface area contributed by atoms with Crippen LogP contribution >= 0.6 is 0 Å². The summed E-state index contributed by atoms with van der Waals surface area (Å²) in [5.41, 5.74) is 0.970. The number of H-pyrrole nitrogens is 1. The summed E-state index contributed by atoms with van der Waals surface area (Å²) in [6, 6.07) is 6.16. The predicted octanol–water partition coefficient (Wildman–Crippen LogP) is 1.66. The maximum atomic E-state index is 14.0. The van der Waals surface area contributed by atoms with E-state index in [1.807, 2.05) is 30.9 Å². The minimum Gasteiger partial charge on any atom is -0.371 e. The van der Waals surface area contributed by atoms with Crippen molar-refractivity contribution in [1.82, 2.24) is 9.88 Å². The van der Waals surface area contributed by atoms with Crippen LogP contribution in [0.15, 0.2) is 29.1 Å². The summed E-state index contributed by atoms with van der Waals surface area (Å²) >= 11 is 0. The number of benzene rings is 1. The molecule has 5 heteroatoms. The SMILES string of the molecule is CN(C)CCN(C)c1cc2[nH]c(=O)ccc2cc1F. The van der Waals surface area contributed by atoms with Gasteiger partial charge < -0.3 is 14.8 Å². The quantitative estimate of drug-likeness (QED) is 0.912. The van der Waals surface area contributed by atoms with E-state index in [-0.39, 0.29) is 11.4 Å². The van der Waals surface area contributed by atoms with Gasteiger partial charge in [-0.15, -0.1) is 0 Å². The molecule has 2 rings (SSSR count). The van der Waals surface area contributed by atoms with Crippen LogP contribution in [-0.4, -0.2) is 44.1 Å². The molecule has 102 valence electrons. The first-order valence-electron chi connectivity index (χ1n) is 6.16. The number of aromatic amines is 1. The van der Waals surface area contributed by atoms with Gasteiger partial charge in [-0.3, -0.25) is 4.79 Å². The fourth-order valence-corrected chi connectivity index (χ4v) is 1.93. The van der Waals surface area contributed by atoms with Crippen LogP contribution in [0, 0.1) is 5.82 Å². The number of nitrogens with zero attached hydrogens (tertiary/aromatic N) is 2. The molecule has 0 spiro atoms. The van der Waals surface area contributed by atoms with Crippen molar-refractivity contribution in [3.8, 4) is 0 Å². The van der Waals surface area contributed by atoms with Gasteiger partial charge in [-0.25, -0.2) is 4.39 Å². The fraction of sp³-hybridized carbons (Fsp3) is 0.357. The van der Waals surface area contributed by atoms with Crippen molar-refractivity contribution in [1.29, 1.82) is 0 Å². The molecule has 0 aliphatic carbocycles. The van der Waals surface area contributed by atoms with Crippen LogP contribution in [0.5, 0.6) is 0 Å². The molecule has 19 heavy (non-hydrogen) atoms. The number of hydrogen-bond donors (Lipinski definition) is 1. The van der Waals surface area contributed by atoms with Crippen LogP contribution in [0.2, 0.25) is 0 Å². The fourth-order valence-electron chi connectivity index (χ4n) is 1.93. The van der Waals surface area contributed by atoms with Crippen molar-refractivity contribution in [2.24, 2.45) is 0 Å². The molecule has 1 aromatic heterocycles. The number of pyridine rings is 1. The molecule has 4 nitrogen and oxygen atoms in total. The Bertz CT molecular complexity index is 636. The van der Waals surface area contributed by atoms with Crippen LogP contribution in [-0.2, 0) is 0 Å². The minimum absolute atomic E-state index is 0.180. The van der Waals surface area contributed by atoms with Crippen LogP contribution in [0.4, 0.5) is 10.1 Å². The molecule has 0 aliphatic heterocycles. The molecule has 1 N–H and O–H groups in total. The van der Waals surface area contributed by atoms with Gasteiger partial charge in [-0.05, 0) is 32.3 Å². The van der Waals surface area contributed by atoms with Crippen LogP contribution in [0.3, 0.4) is 0 Å². The molecule has 0 saturated carbocycles.